The van der Waals surface area contributed by atoms with Crippen molar-refractivity contribution in [2.75, 3.05) is 5.73 Å². The highest BCUT2D eigenvalue weighted by atomic mass is 35.5. The zero-order valence-corrected chi connectivity index (χ0v) is 20.1. The highest BCUT2D eigenvalue weighted by Gasteiger charge is 2.58. The fraction of sp³-hybridized carbons (Fsp3) is 0.545. The molecule has 1 aromatic rings. The average molecular weight is 575 g/mol. The Balaban J connectivity index is 2.31. The zero-order valence-electron chi connectivity index (χ0n) is 15.9. The lowest BCUT2D eigenvalue weighted by Gasteiger charge is -2.26. The molecule has 33 heavy (non-hydrogen) atoms. The van der Waals surface area contributed by atoms with Crippen LogP contribution in [0.4, 0.5) is 5.95 Å². The van der Waals surface area contributed by atoms with Gasteiger partial charge >= 0.3 is 29.2 Å². The first-order valence-electron chi connectivity index (χ1n) is 8.09. The Morgan fingerprint density at radius 1 is 1.27 bits per heavy atom. The second-order valence-corrected chi connectivity index (χ2v) is 11.4. The van der Waals surface area contributed by atoms with E-state index in [1.807, 2.05) is 5.38 Å². The minimum absolute atomic E-state index is 0.393. The topological polar surface area (TPSA) is 263 Å². The van der Waals surface area contributed by atoms with Crippen molar-refractivity contribution < 1.29 is 56.3 Å². The molecule has 22 heteroatoms. The van der Waals surface area contributed by atoms with Gasteiger partial charge in [0.15, 0.2) is 11.1 Å². The quantitative estimate of drug-likeness (QED) is 0.128. The summed E-state index contributed by atoms with van der Waals surface area (Å²) >= 11 is 11.7. The van der Waals surface area contributed by atoms with Crippen LogP contribution in [-0.4, -0.2) is 62.4 Å². The first kappa shape index (κ1) is 28.3. The fourth-order valence-electron chi connectivity index (χ4n) is 2.64. The van der Waals surface area contributed by atoms with Crippen LogP contribution in [-0.2, 0) is 31.6 Å². The summed E-state index contributed by atoms with van der Waals surface area (Å²) in [5.74, 6) is 1.83. The summed E-state index contributed by atoms with van der Waals surface area (Å²) in [7, 11) is -17.0. The number of phosphoric acid groups is 3. The van der Waals surface area contributed by atoms with Crippen LogP contribution >= 0.6 is 46.7 Å². The van der Waals surface area contributed by atoms with E-state index < -0.39 is 64.5 Å². The first-order valence-corrected chi connectivity index (χ1v) is 13.4. The van der Waals surface area contributed by atoms with Gasteiger partial charge in [-0.3, -0.25) is 9.09 Å². The molecule has 3 unspecified atom stereocenters. The first-order chi connectivity index (χ1) is 14.9. The van der Waals surface area contributed by atoms with Gasteiger partial charge in [0.1, 0.15) is 18.5 Å². The van der Waals surface area contributed by atoms with Gasteiger partial charge in [-0.05, 0) is 18.5 Å². The summed E-state index contributed by atoms with van der Waals surface area (Å²) in [4.78, 5) is 53.0. The number of aliphatic hydroxyl groups is 1. The van der Waals surface area contributed by atoms with Crippen LogP contribution in [0.15, 0.2) is 11.1 Å². The third-order valence-corrected chi connectivity index (χ3v) is 8.33. The maximum atomic E-state index is 12.2. The molecular formula is C11H15Cl2N4O13P3. The second kappa shape index (κ2) is 9.98. The van der Waals surface area contributed by atoms with E-state index in [2.05, 4.69) is 29.0 Å². The number of alkyl halides is 1. The van der Waals surface area contributed by atoms with Crippen molar-refractivity contribution >= 4 is 52.6 Å². The molecule has 1 saturated heterocycles. The van der Waals surface area contributed by atoms with Gasteiger partial charge in [-0.1, -0.05) is 17.5 Å². The van der Waals surface area contributed by atoms with Crippen LogP contribution in [0.25, 0.3) is 0 Å². The Bertz CT molecular complexity index is 1170. The van der Waals surface area contributed by atoms with Gasteiger partial charge in [0.25, 0.3) is 0 Å². The van der Waals surface area contributed by atoms with E-state index in [9.17, 15) is 33.4 Å². The summed E-state index contributed by atoms with van der Waals surface area (Å²) in [6.45, 7) is 1.02. The Morgan fingerprint density at radius 3 is 2.39 bits per heavy atom. The van der Waals surface area contributed by atoms with E-state index in [0.717, 1.165) is 13.3 Å². The smallest absolute Gasteiger partial charge is 0.387 e. The SMILES string of the molecule is C[C@H](OP(=O)(O)OP(=O)(O)OP(=O)(O)O)[C@H]1O[C@@H](n2cnc(N)nc2=O)C(Cl)(C#CCl)[C@H]1O. The molecule has 0 aromatic carbocycles. The molecule has 7 atom stereocenters. The number of nitrogen functional groups attached to an aromatic ring is 1. The molecule has 0 spiro atoms. The van der Waals surface area contributed by atoms with E-state index in [-0.39, 0.29) is 0 Å². The van der Waals surface area contributed by atoms with E-state index in [1.165, 1.54) is 0 Å². The summed E-state index contributed by atoms with van der Waals surface area (Å²) in [5, 5.41) is 12.6. The highest BCUT2D eigenvalue weighted by molar-refractivity contribution is 7.66. The molecule has 1 aliphatic rings. The fourth-order valence-corrected chi connectivity index (χ4v) is 6.37. The molecule has 17 nitrogen and oxygen atoms in total. The number of hydrogen-bond acceptors (Lipinski definition) is 12. The Morgan fingerprint density at radius 2 is 1.88 bits per heavy atom. The lowest BCUT2D eigenvalue weighted by molar-refractivity contribution is -0.0751. The molecule has 2 heterocycles. The molecule has 0 saturated carbocycles. The largest absolute Gasteiger partial charge is 0.490 e. The minimum Gasteiger partial charge on any atom is -0.387 e. The average Bonchev–Trinajstić information content (AvgIpc) is 2.83. The van der Waals surface area contributed by atoms with E-state index in [4.69, 9.17) is 43.5 Å². The Hall–Kier alpha value is -0.920. The van der Waals surface area contributed by atoms with Crippen molar-refractivity contribution in [3.05, 3.63) is 16.8 Å². The number of ether oxygens (including phenoxy) is 1. The molecule has 0 amide bonds. The monoisotopic (exact) mass is 574 g/mol. The summed E-state index contributed by atoms with van der Waals surface area (Å²) in [5.41, 5.74) is 4.28. The van der Waals surface area contributed by atoms with Crippen molar-refractivity contribution in [2.24, 2.45) is 0 Å². The molecule has 186 valence electrons. The number of nitrogens with zero attached hydrogens (tertiary/aromatic N) is 3. The molecule has 1 aliphatic heterocycles. The predicted molar refractivity (Wildman–Crippen MR) is 107 cm³/mol. The lowest BCUT2D eigenvalue weighted by atomic mass is 9.97. The number of halogens is 2. The number of phosphoric ester groups is 1. The molecule has 2 rings (SSSR count). The number of anilines is 1. The standard InChI is InChI=1S/C11H15Cl2N4O13P3/c1-5(28-32(23,24)30-33(25,26)29-31(20,21)22)6-7(18)11(13,2-3-12)8(27-6)17-4-15-9(14)16-10(17)19/h4-8,18H,1H3,(H,23,24)(H,25,26)(H2,14,16,19)(H2,20,21,22)/t5-,6+,7-,8+,11?/m0/s1. The summed E-state index contributed by atoms with van der Waals surface area (Å²) < 4.78 is 52.2. The van der Waals surface area contributed by atoms with Crippen LogP contribution in [0, 0.1) is 11.3 Å². The summed E-state index contributed by atoms with van der Waals surface area (Å²) in [6.07, 6.45) is -6.03. The number of aromatic nitrogens is 3. The molecule has 7 N–H and O–H groups in total. The van der Waals surface area contributed by atoms with Crippen molar-refractivity contribution in [1.29, 1.82) is 0 Å². The Kier molecular flexibility index (Phi) is 8.56. The van der Waals surface area contributed by atoms with Crippen molar-refractivity contribution in [3.8, 4) is 11.3 Å². The van der Waals surface area contributed by atoms with Crippen molar-refractivity contribution in [3.63, 3.8) is 0 Å². The van der Waals surface area contributed by atoms with Gasteiger partial charge in [0.2, 0.25) is 5.95 Å². The third kappa shape index (κ3) is 7.04. The van der Waals surface area contributed by atoms with Crippen molar-refractivity contribution in [1.82, 2.24) is 14.5 Å². The van der Waals surface area contributed by atoms with Crippen LogP contribution in [0.5, 0.6) is 0 Å². The maximum absolute atomic E-state index is 12.2. The van der Waals surface area contributed by atoms with E-state index >= 15 is 0 Å². The van der Waals surface area contributed by atoms with Gasteiger partial charge in [-0.2, -0.15) is 13.6 Å². The molecule has 1 fully saturated rings. The number of nitrogens with two attached hydrogens (primary N) is 1. The van der Waals surface area contributed by atoms with E-state index in [0.29, 0.717) is 4.57 Å². The molecule has 0 bridgehead atoms. The third-order valence-electron chi connectivity index (χ3n) is 3.80. The van der Waals surface area contributed by atoms with Gasteiger partial charge in [0.05, 0.1) is 6.10 Å². The van der Waals surface area contributed by atoms with Gasteiger partial charge < -0.3 is 35.2 Å². The molecule has 0 aliphatic carbocycles. The highest BCUT2D eigenvalue weighted by Crippen LogP contribution is 2.66. The number of hydrogen-bond donors (Lipinski definition) is 6. The maximum Gasteiger partial charge on any atom is 0.490 e. The summed E-state index contributed by atoms with van der Waals surface area (Å²) in [6, 6.07) is 0. The van der Waals surface area contributed by atoms with Gasteiger partial charge in [-0.25, -0.2) is 23.5 Å². The number of rotatable bonds is 8. The van der Waals surface area contributed by atoms with Gasteiger partial charge in [0, 0.05) is 5.38 Å². The molecule has 1 aromatic heterocycles. The Labute approximate surface area is 193 Å². The second-order valence-electron chi connectivity index (χ2n) is 6.19. The van der Waals surface area contributed by atoms with Crippen LogP contribution < -0.4 is 11.4 Å². The van der Waals surface area contributed by atoms with Crippen molar-refractivity contribution in [2.45, 2.75) is 36.3 Å². The normalized spacial score (nSPS) is 30.0. The number of aliphatic hydroxyl groups excluding tert-OH is 1. The van der Waals surface area contributed by atoms with Crippen LogP contribution in [0.2, 0.25) is 0 Å². The molecular weight excluding hydrogens is 560 g/mol. The van der Waals surface area contributed by atoms with Crippen LogP contribution in [0.3, 0.4) is 0 Å². The van der Waals surface area contributed by atoms with Gasteiger partial charge in [-0.15, -0.1) is 0 Å². The van der Waals surface area contributed by atoms with E-state index in [1.54, 1.807) is 0 Å². The lowest BCUT2D eigenvalue weighted by Crippen LogP contribution is -2.45. The molecule has 0 radical (unpaired) electrons. The van der Waals surface area contributed by atoms with Crippen LogP contribution in [0.1, 0.15) is 13.2 Å². The zero-order chi connectivity index (χ0) is 25.4. The minimum atomic E-state index is -5.79. The predicted octanol–water partition coefficient (Wildman–Crippen LogP) is -0.612.